The third-order valence-corrected chi connectivity index (χ3v) is 5.32. The fraction of sp³-hybridized carbons (Fsp3) is 0.438. The van der Waals surface area contributed by atoms with Crippen LogP contribution < -0.4 is 9.46 Å². The van der Waals surface area contributed by atoms with Crippen molar-refractivity contribution in [3.05, 3.63) is 42.4 Å². The largest absolute Gasteiger partial charge is 0.489 e. The molecule has 0 saturated carbocycles. The van der Waals surface area contributed by atoms with Gasteiger partial charge in [0, 0.05) is 19.7 Å². The summed E-state index contributed by atoms with van der Waals surface area (Å²) in [5.41, 5.74) is 0.784. The second-order valence-corrected chi connectivity index (χ2v) is 7.59. The van der Waals surface area contributed by atoms with Gasteiger partial charge in [-0.25, -0.2) is 18.1 Å². The first kappa shape index (κ1) is 17.9. The minimum absolute atomic E-state index is 0.0355. The van der Waals surface area contributed by atoms with Gasteiger partial charge in [-0.15, -0.1) is 0 Å². The maximum atomic E-state index is 12.5. The molecule has 1 aromatic heterocycles. The molecule has 2 heterocycles. The van der Waals surface area contributed by atoms with E-state index in [2.05, 4.69) is 9.71 Å². The van der Waals surface area contributed by atoms with Crippen LogP contribution in [0, 0.1) is 0 Å². The minimum atomic E-state index is -3.75. The molecular weight excluding hydrogens is 346 g/mol. The summed E-state index contributed by atoms with van der Waals surface area (Å²) in [5.74, 6) is 0.617. The summed E-state index contributed by atoms with van der Waals surface area (Å²) in [6.07, 6.45) is 3.09. The van der Waals surface area contributed by atoms with Crippen molar-refractivity contribution in [3.8, 4) is 5.75 Å². The molecule has 136 valence electrons. The van der Waals surface area contributed by atoms with E-state index in [1.807, 2.05) is 0 Å². The molecule has 0 radical (unpaired) electrons. The fourth-order valence-electron chi connectivity index (χ4n) is 2.60. The maximum absolute atomic E-state index is 12.5. The van der Waals surface area contributed by atoms with Crippen molar-refractivity contribution < 1.29 is 23.0 Å². The van der Waals surface area contributed by atoms with E-state index >= 15 is 0 Å². The normalized spacial score (nSPS) is 21.2. The summed E-state index contributed by atoms with van der Waals surface area (Å²) < 4.78 is 40.5. The topological polar surface area (TPSA) is 103 Å². The van der Waals surface area contributed by atoms with E-state index in [0.717, 1.165) is 5.56 Å². The van der Waals surface area contributed by atoms with Gasteiger partial charge in [-0.05, 0) is 17.7 Å². The number of aliphatic hydroxyl groups excluding tert-OH is 1. The lowest BCUT2D eigenvalue weighted by Crippen LogP contribution is -2.51. The van der Waals surface area contributed by atoms with Crippen molar-refractivity contribution in [2.75, 3.05) is 13.2 Å². The van der Waals surface area contributed by atoms with E-state index in [4.69, 9.17) is 14.6 Å². The molecule has 0 amide bonds. The lowest BCUT2D eigenvalue weighted by atomic mass is 10.1. The van der Waals surface area contributed by atoms with E-state index in [1.165, 1.54) is 12.5 Å². The van der Waals surface area contributed by atoms with Crippen LogP contribution in [0.5, 0.6) is 5.75 Å². The molecule has 8 nitrogen and oxygen atoms in total. The lowest BCUT2D eigenvalue weighted by Gasteiger charge is -2.32. The highest BCUT2D eigenvalue weighted by molar-refractivity contribution is 7.89. The van der Waals surface area contributed by atoms with Crippen molar-refractivity contribution in [2.45, 2.75) is 30.2 Å². The summed E-state index contributed by atoms with van der Waals surface area (Å²) in [6.45, 7) is 0.691. The highest BCUT2D eigenvalue weighted by Crippen LogP contribution is 2.20. The third-order valence-electron chi connectivity index (χ3n) is 3.95. The molecule has 1 aromatic carbocycles. The molecule has 2 aromatic rings. The number of aryl methyl sites for hydroxylation is 1. The molecule has 1 fully saturated rings. The molecule has 1 aliphatic heterocycles. The van der Waals surface area contributed by atoms with Crippen LogP contribution in [0.4, 0.5) is 0 Å². The SMILES string of the molecule is Cn1cnc(S(=O)(=O)N[C@@H]2COCC[C@H]2Oc2ccc(CO)cc2)c1. The lowest BCUT2D eigenvalue weighted by molar-refractivity contribution is 0.00319. The van der Waals surface area contributed by atoms with Crippen LogP contribution >= 0.6 is 0 Å². The highest BCUT2D eigenvalue weighted by Gasteiger charge is 2.32. The van der Waals surface area contributed by atoms with Crippen LogP contribution in [0.2, 0.25) is 0 Å². The molecule has 9 heteroatoms. The number of benzene rings is 1. The van der Waals surface area contributed by atoms with Crippen LogP contribution in [0.25, 0.3) is 0 Å². The summed E-state index contributed by atoms with van der Waals surface area (Å²) in [6, 6.07) is 6.53. The van der Waals surface area contributed by atoms with Gasteiger partial charge >= 0.3 is 0 Å². The van der Waals surface area contributed by atoms with Gasteiger partial charge in [0.25, 0.3) is 10.0 Å². The van der Waals surface area contributed by atoms with E-state index in [-0.39, 0.29) is 24.3 Å². The number of sulfonamides is 1. The van der Waals surface area contributed by atoms with Crippen LogP contribution in [0.15, 0.2) is 41.8 Å². The van der Waals surface area contributed by atoms with E-state index < -0.39 is 16.1 Å². The van der Waals surface area contributed by atoms with Gasteiger partial charge in [-0.3, -0.25) is 0 Å². The summed E-state index contributed by atoms with van der Waals surface area (Å²) in [4.78, 5) is 3.89. The zero-order valence-electron chi connectivity index (χ0n) is 13.8. The van der Waals surface area contributed by atoms with Crippen molar-refractivity contribution in [1.29, 1.82) is 0 Å². The summed E-state index contributed by atoms with van der Waals surface area (Å²) in [5, 5.41) is 9.05. The Morgan fingerprint density at radius 1 is 1.40 bits per heavy atom. The van der Waals surface area contributed by atoms with Gasteiger partial charge in [0.2, 0.25) is 0 Å². The number of imidazole rings is 1. The van der Waals surface area contributed by atoms with Crippen LogP contribution in [0.1, 0.15) is 12.0 Å². The van der Waals surface area contributed by atoms with Crippen molar-refractivity contribution >= 4 is 10.0 Å². The zero-order valence-corrected chi connectivity index (χ0v) is 14.6. The van der Waals surface area contributed by atoms with E-state index in [0.29, 0.717) is 18.8 Å². The minimum Gasteiger partial charge on any atom is -0.489 e. The Hall–Kier alpha value is -1.94. The van der Waals surface area contributed by atoms with Gasteiger partial charge in [0.15, 0.2) is 5.03 Å². The zero-order chi connectivity index (χ0) is 17.9. The molecule has 25 heavy (non-hydrogen) atoms. The number of aliphatic hydroxyl groups is 1. The standard InChI is InChI=1S/C16H21N3O5S/c1-19-8-16(17-11-19)25(21,22)18-14-10-23-7-6-15(14)24-13-4-2-12(9-20)3-5-13/h2-5,8,11,14-15,18,20H,6-7,9-10H2,1H3/t14-,15-/m1/s1. The van der Waals surface area contributed by atoms with Crippen molar-refractivity contribution in [2.24, 2.45) is 7.05 Å². The quantitative estimate of drug-likeness (QED) is 0.767. The first-order valence-corrected chi connectivity index (χ1v) is 9.41. The number of nitrogens with zero attached hydrogens (tertiary/aromatic N) is 2. The highest BCUT2D eigenvalue weighted by atomic mass is 32.2. The second-order valence-electron chi connectivity index (χ2n) is 5.93. The number of rotatable bonds is 6. The maximum Gasteiger partial charge on any atom is 0.260 e. The predicted molar refractivity (Wildman–Crippen MR) is 89.5 cm³/mol. The number of aromatic nitrogens is 2. The second kappa shape index (κ2) is 7.52. The van der Waals surface area contributed by atoms with Gasteiger partial charge in [0.05, 0.1) is 32.2 Å². The summed E-state index contributed by atoms with van der Waals surface area (Å²) >= 11 is 0. The Morgan fingerprint density at radius 3 is 2.80 bits per heavy atom. The van der Waals surface area contributed by atoms with Crippen molar-refractivity contribution in [1.82, 2.24) is 14.3 Å². The molecule has 0 spiro atoms. The Balaban J connectivity index is 1.72. The Bertz CT molecular complexity index is 803. The number of hydrogen-bond donors (Lipinski definition) is 2. The first-order valence-electron chi connectivity index (χ1n) is 7.92. The number of ether oxygens (including phenoxy) is 2. The Kier molecular flexibility index (Phi) is 5.38. The molecule has 2 N–H and O–H groups in total. The molecule has 0 bridgehead atoms. The van der Waals surface area contributed by atoms with E-state index in [9.17, 15) is 8.42 Å². The predicted octanol–water partition coefficient (Wildman–Crippen LogP) is 0.427. The van der Waals surface area contributed by atoms with E-state index in [1.54, 1.807) is 35.9 Å². The molecule has 3 rings (SSSR count). The molecule has 1 saturated heterocycles. The Morgan fingerprint density at radius 2 is 2.16 bits per heavy atom. The molecule has 1 aliphatic rings. The van der Waals surface area contributed by atoms with Gasteiger partial charge in [-0.1, -0.05) is 12.1 Å². The Labute approximate surface area is 146 Å². The average Bonchev–Trinajstić information content (AvgIpc) is 3.05. The number of nitrogens with one attached hydrogen (secondary N) is 1. The third kappa shape index (κ3) is 4.37. The van der Waals surface area contributed by atoms with Crippen LogP contribution in [-0.4, -0.2) is 48.4 Å². The molecule has 0 unspecified atom stereocenters. The van der Waals surface area contributed by atoms with Gasteiger partial charge in [0.1, 0.15) is 11.9 Å². The van der Waals surface area contributed by atoms with Crippen LogP contribution in [-0.2, 0) is 28.4 Å². The average molecular weight is 367 g/mol. The molecule has 2 atom stereocenters. The smallest absolute Gasteiger partial charge is 0.260 e. The summed E-state index contributed by atoms with van der Waals surface area (Å²) in [7, 11) is -2.04. The monoisotopic (exact) mass is 367 g/mol. The van der Waals surface area contributed by atoms with Gasteiger partial charge < -0.3 is 19.1 Å². The van der Waals surface area contributed by atoms with Crippen molar-refractivity contribution in [3.63, 3.8) is 0 Å². The van der Waals surface area contributed by atoms with Crippen LogP contribution in [0.3, 0.4) is 0 Å². The van der Waals surface area contributed by atoms with Gasteiger partial charge in [-0.2, -0.15) is 0 Å². The first-order chi connectivity index (χ1) is 12.0. The number of hydrogen-bond acceptors (Lipinski definition) is 6. The molecular formula is C16H21N3O5S. The molecule has 0 aliphatic carbocycles. The fourth-order valence-corrected chi connectivity index (χ4v) is 3.83.